The summed E-state index contributed by atoms with van der Waals surface area (Å²) in [6.07, 6.45) is 0.736. The lowest BCUT2D eigenvalue weighted by Gasteiger charge is -2.40. The third-order valence-electron chi connectivity index (χ3n) is 5.06. The van der Waals surface area contributed by atoms with Crippen LogP contribution in [0.4, 0.5) is 17.6 Å². The van der Waals surface area contributed by atoms with Gasteiger partial charge < -0.3 is 5.32 Å². The number of amides is 1. The monoisotopic (exact) mass is 400 g/mol. The molecule has 3 rings (SSSR count). The van der Waals surface area contributed by atoms with Gasteiger partial charge in [-0.15, -0.1) is 0 Å². The van der Waals surface area contributed by atoms with Crippen molar-refractivity contribution in [2.45, 2.75) is 37.0 Å². The normalized spacial score (nSPS) is 18.1. The van der Waals surface area contributed by atoms with Crippen LogP contribution in [0.2, 0.25) is 5.02 Å². The van der Waals surface area contributed by atoms with Gasteiger partial charge in [0.05, 0.1) is 10.6 Å². The van der Waals surface area contributed by atoms with Gasteiger partial charge in [0.1, 0.15) is 5.82 Å². The van der Waals surface area contributed by atoms with Gasteiger partial charge in [-0.05, 0) is 36.6 Å². The van der Waals surface area contributed by atoms with Gasteiger partial charge in [0.2, 0.25) is 11.9 Å². The second kappa shape index (κ2) is 7.46. The molecule has 2 aromatic rings. The van der Waals surface area contributed by atoms with Crippen LogP contribution in [0.5, 0.6) is 0 Å². The van der Waals surface area contributed by atoms with Crippen LogP contribution >= 0.6 is 11.6 Å². The largest absolute Gasteiger partial charge is 0.351 e. The molecule has 1 aliphatic carbocycles. The van der Waals surface area contributed by atoms with E-state index in [1.54, 1.807) is 0 Å². The molecule has 27 heavy (non-hydrogen) atoms. The number of hydrogen-bond donors (Lipinski definition) is 1. The summed E-state index contributed by atoms with van der Waals surface area (Å²) in [6, 6.07) is 6.51. The first-order chi connectivity index (χ1) is 12.7. The van der Waals surface area contributed by atoms with Crippen molar-refractivity contribution < 1.29 is 22.4 Å². The van der Waals surface area contributed by atoms with Crippen molar-refractivity contribution in [3.8, 4) is 0 Å². The predicted molar refractivity (Wildman–Crippen MR) is 93.0 cm³/mol. The van der Waals surface area contributed by atoms with Crippen molar-refractivity contribution >= 4 is 17.5 Å². The van der Waals surface area contributed by atoms with E-state index < -0.39 is 29.0 Å². The average Bonchev–Trinajstić information content (AvgIpc) is 2.62. The first kappa shape index (κ1) is 19.6. The highest BCUT2D eigenvalue weighted by atomic mass is 35.5. The van der Waals surface area contributed by atoms with Crippen molar-refractivity contribution in [3.63, 3.8) is 0 Å². The third-order valence-corrected chi connectivity index (χ3v) is 5.37. The number of aromatic nitrogens is 1. The van der Waals surface area contributed by atoms with E-state index in [0.29, 0.717) is 5.56 Å². The Morgan fingerprint density at radius 2 is 1.81 bits per heavy atom. The highest BCUT2D eigenvalue weighted by Crippen LogP contribution is 2.45. The van der Waals surface area contributed by atoms with Crippen LogP contribution in [0.1, 0.15) is 41.6 Å². The highest BCUT2D eigenvalue weighted by molar-refractivity contribution is 6.33. The molecule has 0 radical (unpaired) electrons. The first-order valence-electron chi connectivity index (χ1n) is 8.45. The Hall–Kier alpha value is -2.15. The molecule has 1 saturated carbocycles. The molecule has 1 fully saturated rings. The molecule has 1 aliphatic rings. The van der Waals surface area contributed by atoms with Crippen LogP contribution in [0.15, 0.2) is 36.5 Å². The fraction of sp³-hybridized carbons (Fsp3) is 0.368. The van der Waals surface area contributed by atoms with Gasteiger partial charge in [0.15, 0.2) is 0 Å². The second-order valence-electron chi connectivity index (χ2n) is 6.79. The molecule has 144 valence electrons. The zero-order valence-corrected chi connectivity index (χ0v) is 15.0. The van der Waals surface area contributed by atoms with Crippen molar-refractivity contribution in [2.24, 2.45) is 0 Å². The van der Waals surface area contributed by atoms with Gasteiger partial charge in [0, 0.05) is 31.0 Å². The molecular weight excluding hydrogens is 384 g/mol. The molecule has 0 atom stereocenters. The van der Waals surface area contributed by atoms with Gasteiger partial charge in [-0.25, -0.2) is 18.2 Å². The number of carbonyl (C=O) groups excluding carboxylic acids is 1. The molecule has 0 saturated heterocycles. The van der Waals surface area contributed by atoms with Crippen LogP contribution in [-0.2, 0) is 5.41 Å². The van der Waals surface area contributed by atoms with E-state index in [9.17, 15) is 22.4 Å². The van der Waals surface area contributed by atoms with Crippen LogP contribution in [0.25, 0.3) is 0 Å². The van der Waals surface area contributed by atoms with Crippen LogP contribution in [0.3, 0.4) is 0 Å². The number of benzene rings is 1. The maximum absolute atomic E-state index is 13.9. The maximum atomic E-state index is 13.9. The summed E-state index contributed by atoms with van der Waals surface area (Å²) in [4.78, 5) is 16.0. The van der Waals surface area contributed by atoms with Crippen molar-refractivity contribution in [1.29, 1.82) is 0 Å². The molecule has 8 heteroatoms. The quantitative estimate of drug-likeness (QED) is 0.586. The summed E-state index contributed by atoms with van der Waals surface area (Å²) < 4.78 is 54.4. The fourth-order valence-electron chi connectivity index (χ4n) is 3.40. The van der Waals surface area contributed by atoms with E-state index in [1.807, 2.05) is 0 Å². The average molecular weight is 401 g/mol. The van der Waals surface area contributed by atoms with E-state index in [2.05, 4.69) is 10.3 Å². The first-order valence-corrected chi connectivity index (χ1v) is 8.82. The highest BCUT2D eigenvalue weighted by Gasteiger charge is 2.44. The zero-order chi connectivity index (χ0) is 19.7. The lowest BCUT2D eigenvalue weighted by molar-refractivity contribution is -0.0516. The van der Waals surface area contributed by atoms with Gasteiger partial charge in [0.25, 0.3) is 5.91 Å². The van der Waals surface area contributed by atoms with E-state index in [-0.39, 0.29) is 42.8 Å². The smallest absolute Gasteiger partial charge is 0.255 e. The lowest BCUT2D eigenvalue weighted by atomic mass is 9.68. The number of rotatable bonds is 4. The van der Waals surface area contributed by atoms with Crippen LogP contribution < -0.4 is 5.32 Å². The van der Waals surface area contributed by atoms with Gasteiger partial charge in [-0.1, -0.05) is 23.7 Å². The molecule has 3 nitrogen and oxygen atoms in total. The molecule has 1 heterocycles. The number of carbonyl (C=O) groups is 1. The van der Waals surface area contributed by atoms with E-state index >= 15 is 0 Å². The Morgan fingerprint density at radius 1 is 1.11 bits per heavy atom. The summed E-state index contributed by atoms with van der Waals surface area (Å²) in [5.41, 5.74) is -0.581. The molecule has 0 unspecified atom stereocenters. The standard InChI is InChI=1S/C19H17ClF4N2O/c20-13-2-1-3-14(21)16(13)17(27)26-11-18(6-8-19(23,24)9-7-18)12-4-5-15(22)25-10-12/h1-5,10H,6-9,11H2,(H,26,27). The molecule has 1 aromatic heterocycles. The Labute approximate surface area is 158 Å². The Balaban J connectivity index is 1.84. The number of pyridine rings is 1. The van der Waals surface area contributed by atoms with Gasteiger partial charge in [-0.2, -0.15) is 4.39 Å². The lowest BCUT2D eigenvalue weighted by Crippen LogP contribution is -2.45. The summed E-state index contributed by atoms with van der Waals surface area (Å²) in [6.45, 7) is -0.0140. The van der Waals surface area contributed by atoms with Crippen LogP contribution in [0, 0.1) is 11.8 Å². The Kier molecular flexibility index (Phi) is 5.42. The zero-order valence-electron chi connectivity index (χ0n) is 14.2. The second-order valence-corrected chi connectivity index (χ2v) is 7.19. The number of hydrogen-bond acceptors (Lipinski definition) is 2. The van der Waals surface area contributed by atoms with Gasteiger partial charge >= 0.3 is 0 Å². The summed E-state index contributed by atoms with van der Waals surface area (Å²) in [5, 5.41) is 2.56. The number of nitrogens with zero attached hydrogens (tertiary/aromatic N) is 1. The summed E-state index contributed by atoms with van der Waals surface area (Å²) >= 11 is 5.90. The summed E-state index contributed by atoms with van der Waals surface area (Å²) in [7, 11) is 0. The topological polar surface area (TPSA) is 42.0 Å². The molecule has 1 N–H and O–H groups in total. The predicted octanol–water partition coefficient (Wildman–Crippen LogP) is 4.89. The van der Waals surface area contributed by atoms with Crippen LogP contribution in [-0.4, -0.2) is 23.4 Å². The van der Waals surface area contributed by atoms with Crippen molar-refractivity contribution in [3.05, 3.63) is 64.4 Å². The number of alkyl halides is 2. The van der Waals surface area contributed by atoms with Gasteiger partial charge in [-0.3, -0.25) is 4.79 Å². The van der Waals surface area contributed by atoms with E-state index in [0.717, 1.165) is 12.1 Å². The maximum Gasteiger partial charge on any atom is 0.255 e. The summed E-state index contributed by atoms with van der Waals surface area (Å²) in [5.74, 6) is -4.97. The number of nitrogens with one attached hydrogen (secondary N) is 1. The van der Waals surface area contributed by atoms with E-state index in [4.69, 9.17) is 11.6 Å². The molecule has 1 aromatic carbocycles. The minimum Gasteiger partial charge on any atom is -0.351 e. The minimum atomic E-state index is -2.78. The molecule has 0 bridgehead atoms. The van der Waals surface area contributed by atoms with Crippen molar-refractivity contribution in [1.82, 2.24) is 10.3 Å². The molecular formula is C19H17ClF4N2O. The Morgan fingerprint density at radius 3 is 2.41 bits per heavy atom. The third kappa shape index (κ3) is 4.24. The molecule has 0 spiro atoms. The Bertz CT molecular complexity index is 812. The van der Waals surface area contributed by atoms with Crippen molar-refractivity contribution in [2.75, 3.05) is 6.54 Å². The molecule has 0 aliphatic heterocycles. The fourth-order valence-corrected chi connectivity index (χ4v) is 3.65. The van der Waals surface area contributed by atoms with E-state index in [1.165, 1.54) is 24.4 Å². The molecule has 1 amide bonds. The SMILES string of the molecule is O=C(NCC1(c2ccc(F)nc2)CCC(F)(F)CC1)c1c(F)cccc1Cl. The number of halogens is 5. The minimum absolute atomic E-state index is 0.0140.